The van der Waals surface area contributed by atoms with E-state index in [1.165, 1.54) is 38.0 Å². The Morgan fingerprint density at radius 2 is 1.56 bits per heavy atom. The van der Waals surface area contributed by atoms with E-state index >= 15 is 0 Å². The van der Waals surface area contributed by atoms with Crippen molar-refractivity contribution in [2.75, 3.05) is 32.7 Å². The predicted molar refractivity (Wildman–Crippen MR) is 80.0 cm³/mol. The molecule has 0 saturated heterocycles. The number of nitrogens with one attached hydrogen (secondary N) is 1. The Kier molecular flexibility index (Phi) is 8.53. The SMILES string of the molecule is CCCN(CCC)CCNCCc1ccccc1. The molecule has 0 fully saturated rings. The summed E-state index contributed by atoms with van der Waals surface area (Å²) in [7, 11) is 0. The summed E-state index contributed by atoms with van der Waals surface area (Å²) in [6, 6.07) is 10.7. The monoisotopic (exact) mass is 248 g/mol. The highest BCUT2D eigenvalue weighted by Gasteiger charge is 2.01. The van der Waals surface area contributed by atoms with Crippen LogP contribution in [-0.4, -0.2) is 37.6 Å². The van der Waals surface area contributed by atoms with Crippen molar-refractivity contribution < 1.29 is 0 Å². The highest BCUT2D eigenvalue weighted by atomic mass is 15.1. The second-order valence-electron chi connectivity index (χ2n) is 4.83. The summed E-state index contributed by atoms with van der Waals surface area (Å²) >= 11 is 0. The van der Waals surface area contributed by atoms with Crippen molar-refractivity contribution in [3.8, 4) is 0 Å². The zero-order valence-electron chi connectivity index (χ0n) is 12.0. The third kappa shape index (κ3) is 6.77. The van der Waals surface area contributed by atoms with Crippen LogP contribution < -0.4 is 5.32 Å². The Hall–Kier alpha value is -0.860. The van der Waals surface area contributed by atoms with E-state index in [2.05, 4.69) is 54.4 Å². The van der Waals surface area contributed by atoms with E-state index in [9.17, 15) is 0 Å². The van der Waals surface area contributed by atoms with Crippen molar-refractivity contribution in [3.05, 3.63) is 35.9 Å². The van der Waals surface area contributed by atoms with Gasteiger partial charge in [0.25, 0.3) is 0 Å². The molecule has 1 aromatic rings. The highest BCUT2D eigenvalue weighted by molar-refractivity contribution is 5.14. The van der Waals surface area contributed by atoms with E-state index in [-0.39, 0.29) is 0 Å². The molecule has 102 valence electrons. The molecule has 0 unspecified atom stereocenters. The molecule has 1 aromatic carbocycles. The van der Waals surface area contributed by atoms with Crippen LogP contribution in [0.1, 0.15) is 32.3 Å². The lowest BCUT2D eigenvalue weighted by Gasteiger charge is -2.20. The molecule has 0 aromatic heterocycles. The Bertz CT molecular complexity index is 278. The van der Waals surface area contributed by atoms with Gasteiger partial charge >= 0.3 is 0 Å². The van der Waals surface area contributed by atoms with Gasteiger partial charge in [-0.3, -0.25) is 0 Å². The molecule has 18 heavy (non-hydrogen) atoms. The molecule has 0 saturated carbocycles. The first-order chi connectivity index (χ1) is 8.86. The molecule has 0 heterocycles. The highest BCUT2D eigenvalue weighted by Crippen LogP contribution is 1.98. The lowest BCUT2D eigenvalue weighted by Crippen LogP contribution is -2.34. The average molecular weight is 248 g/mol. The zero-order valence-corrected chi connectivity index (χ0v) is 12.0. The summed E-state index contributed by atoms with van der Waals surface area (Å²) in [5, 5.41) is 3.54. The Balaban J connectivity index is 2.06. The minimum absolute atomic E-state index is 1.08. The standard InChI is InChI=1S/C16H28N2/c1-3-13-18(14-4-2)15-12-17-11-10-16-8-6-5-7-9-16/h5-9,17H,3-4,10-15H2,1-2H3. The Labute approximate surface area is 112 Å². The molecule has 0 bridgehead atoms. The topological polar surface area (TPSA) is 15.3 Å². The summed E-state index contributed by atoms with van der Waals surface area (Å²) < 4.78 is 0. The van der Waals surface area contributed by atoms with Gasteiger partial charge in [0.15, 0.2) is 0 Å². The molecule has 0 aliphatic carbocycles. The van der Waals surface area contributed by atoms with Gasteiger partial charge in [0.1, 0.15) is 0 Å². The van der Waals surface area contributed by atoms with Crippen LogP contribution in [-0.2, 0) is 6.42 Å². The molecule has 0 atom stereocenters. The van der Waals surface area contributed by atoms with E-state index in [1.807, 2.05) is 0 Å². The smallest absolute Gasteiger partial charge is 0.0107 e. The van der Waals surface area contributed by atoms with Gasteiger partial charge in [0.2, 0.25) is 0 Å². The van der Waals surface area contributed by atoms with E-state index in [1.54, 1.807) is 0 Å². The molecular formula is C16H28N2. The van der Waals surface area contributed by atoms with Crippen LogP contribution in [0.15, 0.2) is 30.3 Å². The molecule has 1 rings (SSSR count). The second kappa shape index (κ2) is 10.1. The summed E-state index contributed by atoms with van der Waals surface area (Å²) in [6.45, 7) is 10.3. The van der Waals surface area contributed by atoms with Crippen LogP contribution in [0.2, 0.25) is 0 Å². The van der Waals surface area contributed by atoms with Crippen LogP contribution in [0.4, 0.5) is 0 Å². The van der Waals surface area contributed by atoms with Gasteiger partial charge in [-0.25, -0.2) is 0 Å². The van der Waals surface area contributed by atoms with Crippen molar-refractivity contribution in [3.63, 3.8) is 0 Å². The summed E-state index contributed by atoms with van der Waals surface area (Å²) in [5.74, 6) is 0. The van der Waals surface area contributed by atoms with E-state index < -0.39 is 0 Å². The lowest BCUT2D eigenvalue weighted by molar-refractivity contribution is 0.274. The fourth-order valence-corrected chi connectivity index (χ4v) is 2.21. The molecular weight excluding hydrogens is 220 g/mol. The maximum atomic E-state index is 3.54. The maximum absolute atomic E-state index is 3.54. The molecule has 2 heteroatoms. The normalized spacial score (nSPS) is 11.1. The predicted octanol–water partition coefficient (Wildman–Crippen LogP) is 2.94. The first-order valence-electron chi connectivity index (χ1n) is 7.33. The number of nitrogens with zero attached hydrogens (tertiary/aromatic N) is 1. The number of hydrogen-bond acceptors (Lipinski definition) is 2. The molecule has 1 N–H and O–H groups in total. The molecule has 0 aliphatic rings. The first kappa shape index (κ1) is 15.2. The molecule has 0 amide bonds. The van der Waals surface area contributed by atoms with Gasteiger partial charge in [0.05, 0.1) is 0 Å². The Morgan fingerprint density at radius 1 is 0.889 bits per heavy atom. The van der Waals surface area contributed by atoms with Crippen molar-refractivity contribution in [1.29, 1.82) is 0 Å². The van der Waals surface area contributed by atoms with Crippen LogP contribution in [0.3, 0.4) is 0 Å². The van der Waals surface area contributed by atoms with Crippen molar-refractivity contribution >= 4 is 0 Å². The van der Waals surface area contributed by atoms with Crippen molar-refractivity contribution in [2.24, 2.45) is 0 Å². The van der Waals surface area contributed by atoms with Gasteiger partial charge in [-0.15, -0.1) is 0 Å². The zero-order chi connectivity index (χ0) is 13.1. The number of benzene rings is 1. The minimum Gasteiger partial charge on any atom is -0.315 e. The van der Waals surface area contributed by atoms with Gasteiger partial charge in [-0.2, -0.15) is 0 Å². The number of rotatable bonds is 10. The number of hydrogen-bond donors (Lipinski definition) is 1. The molecule has 0 spiro atoms. The minimum atomic E-state index is 1.08. The molecule has 0 aliphatic heterocycles. The second-order valence-corrected chi connectivity index (χ2v) is 4.83. The van der Waals surface area contributed by atoms with E-state index in [0.717, 1.165) is 19.5 Å². The third-order valence-electron chi connectivity index (χ3n) is 3.12. The summed E-state index contributed by atoms with van der Waals surface area (Å²) in [5.41, 5.74) is 1.42. The fraction of sp³-hybridized carbons (Fsp3) is 0.625. The third-order valence-corrected chi connectivity index (χ3v) is 3.12. The molecule has 0 radical (unpaired) electrons. The van der Waals surface area contributed by atoms with Gasteiger partial charge in [-0.1, -0.05) is 44.2 Å². The maximum Gasteiger partial charge on any atom is 0.0107 e. The van der Waals surface area contributed by atoms with Crippen LogP contribution in [0.5, 0.6) is 0 Å². The molecule has 2 nitrogen and oxygen atoms in total. The van der Waals surface area contributed by atoms with Crippen LogP contribution in [0, 0.1) is 0 Å². The van der Waals surface area contributed by atoms with Crippen LogP contribution >= 0.6 is 0 Å². The fourth-order valence-electron chi connectivity index (χ4n) is 2.21. The first-order valence-corrected chi connectivity index (χ1v) is 7.33. The van der Waals surface area contributed by atoms with Crippen molar-refractivity contribution in [1.82, 2.24) is 10.2 Å². The van der Waals surface area contributed by atoms with Gasteiger partial charge < -0.3 is 10.2 Å². The lowest BCUT2D eigenvalue weighted by atomic mass is 10.1. The average Bonchev–Trinajstić information content (AvgIpc) is 2.40. The largest absolute Gasteiger partial charge is 0.315 e. The summed E-state index contributed by atoms with van der Waals surface area (Å²) in [6.07, 6.45) is 3.64. The van der Waals surface area contributed by atoms with E-state index in [4.69, 9.17) is 0 Å². The quantitative estimate of drug-likeness (QED) is 0.640. The van der Waals surface area contributed by atoms with Gasteiger partial charge in [-0.05, 0) is 44.5 Å². The Morgan fingerprint density at radius 3 is 2.17 bits per heavy atom. The summed E-state index contributed by atoms with van der Waals surface area (Å²) in [4.78, 5) is 2.55. The van der Waals surface area contributed by atoms with E-state index in [0.29, 0.717) is 0 Å². The van der Waals surface area contributed by atoms with Crippen molar-refractivity contribution in [2.45, 2.75) is 33.1 Å². The van der Waals surface area contributed by atoms with Crippen LogP contribution in [0.25, 0.3) is 0 Å². The van der Waals surface area contributed by atoms with Gasteiger partial charge in [0, 0.05) is 13.1 Å².